The molecule has 1 heterocycles. The molecule has 0 spiro atoms. The Balaban J connectivity index is 1.66. The first kappa shape index (κ1) is 18.4. The van der Waals surface area contributed by atoms with Crippen molar-refractivity contribution in [3.63, 3.8) is 0 Å². The monoisotopic (exact) mass is 368 g/mol. The van der Waals surface area contributed by atoms with E-state index in [1.165, 1.54) is 23.5 Å². The van der Waals surface area contributed by atoms with Crippen LogP contribution in [0.2, 0.25) is 0 Å². The third kappa shape index (κ3) is 5.93. The first-order chi connectivity index (χ1) is 11.3. The second kappa shape index (κ2) is 8.25. The molecule has 1 aromatic heterocycles. The molecule has 0 saturated carbocycles. The fourth-order valence-electron chi connectivity index (χ4n) is 1.95. The summed E-state index contributed by atoms with van der Waals surface area (Å²) in [6.45, 7) is 2.76. The number of aryl methyl sites for hydroxylation is 1. The van der Waals surface area contributed by atoms with Gasteiger partial charge in [-0.2, -0.15) is 0 Å². The average molecular weight is 368 g/mol. The summed E-state index contributed by atoms with van der Waals surface area (Å²) in [5, 5.41) is 5.66. The van der Waals surface area contributed by atoms with E-state index < -0.39 is 9.84 Å². The normalized spacial score (nSPS) is 11.2. The minimum absolute atomic E-state index is 0.0427. The molecule has 0 aliphatic carbocycles. The van der Waals surface area contributed by atoms with Gasteiger partial charge >= 0.3 is 0 Å². The van der Waals surface area contributed by atoms with Gasteiger partial charge in [-0.15, -0.1) is 11.3 Å². The van der Waals surface area contributed by atoms with Crippen molar-refractivity contribution in [3.05, 3.63) is 40.3 Å². The predicted octanol–water partition coefficient (Wildman–Crippen LogP) is 2.33. The van der Waals surface area contributed by atoms with Crippen molar-refractivity contribution in [3.8, 4) is 5.75 Å². The second-order valence-corrected chi connectivity index (χ2v) is 8.31. The number of nitrogens with zero attached hydrogens (tertiary/aromatic N) is 1. The molecule has 0 radical (unpaired) electrons. The molecule has 2 rings (SSSR count). The van der Waals surface area contributed by atoms with Crippen LogP contribution in [0, 0.1) is 6.92 Å². The van der Waals surface area contributed by atoms with Crippen LogP contribution in [0.3, 0.4) is 0 Å². The summed E-state index contributed by atoms with van der Waals surface area (Å²) in [4.78, 5) is 16.3. The molecule has 6 nitrogen and oxygen atoms in total. The number of benzene rings is 1. The smallest absolute Gasteiger partial charge is 0.220 e. The van der Waals surface area contributed by atoms with Gasteiger partial charge < -0.3 is 10.1 Å². The zero-order valence-corrected chi connectivity index (χ0v) is 15.2. The van der Waals surface area contributed by atoms with Crippen molar-refractivity contribution in [1.82, 2.24) is 10.3 Å². The molecule has 24 heavy (non-hydrogen) atoms. The Labute approximate surface area is 145 Å². The van der Waals surface area contributed by atoms with E-state index in [1.807, 2.05) is 12.3 Å². The highest BCUT2D eigenvalue weighted by Crippen LogP contribution is 2.16. The SMILES string of the molecule is Cc1csc(CNC(=O)CCCOc2ccc(S(C)(=O)=O)cc2)n1. The number of aromatic nitrogens is 1. The summed E-state index contributed by atoms with van der Waals surface area (Å²) in [6.07, 6.45) is 2.11. The predicted molar refractivity (Wildman–Crippen MR) is 93.0 cm³/mol. The van der Waals surface area contributed by atoms with Crippen molar-refractivity contribution in [1.29, 1.82) is 0 Å². The molecule has 8 heteroatoms. The summed E-state index contributed by atoms with van der Waals surface area (Å²) in [5.41, 5.74) is 0.958. The molecule has 2 aromatic rings. The van der Waals surface area contributed by atoms with Crippen LogP contribution in [0.15, 0.2) is 34.5 Å². The maximum Gasteiger partial charge on any atom is 0.220 e. The molecule has 0 saturated heterocycles. The van der Waals surface area contributed by atoms with E-state index in [1.54, 1.807) is 12.1 Å². The third-order valence-corrected chi connectivity index (χ3v) is 5.27. The van der Waals surface area contributed by atoms with E-state index in [9.17, 15) is 13.2 Å². The molecule has 1 aromatic carbocycles. The highest BCUT2D eigenvalue weighted by molar-refractivity contribution is 7.90. The topological polar surface area (TPSA) is 85.4 Å². The van der Waals surface area contributed by atoms with Gasteiger partial charge in [-0.3, -0.25) is 4.79 Å². The third-order valence-electron chi connectivity index (χ3n) is 3.17. The number of hydrogen-bond acceptors (Lipinski definition) is 6. The van der Waals surface area contributed by atoms with Gasteiger partial charge in [-0.25, -0.2) is 13.4 Å². The largest absolute Gasteiger partial charge is 0.494 e. The number of amides is 1. The van der Waals surface area contributed by atoms with E-state index in [0.29, 0.717) is 31.7 Å². The second-order valence-electron chi connectivity index (χ2n) is 5.35. The highest BCUT2D eigenvalue weighted by Gasteiger charge is 2.07. The number of nitrogens with one attached hydrogen (secondary N) is 1. The maximum absolute atomic E-state index is 11.7. The van der Waals surface area contributed by atoms with Crippen LogP contribution in [0.25, 0.3) is 0 Å². The lowest BCUT2D eigenvalue weighted by atomic mass is 10.3. The lowest BCUT2D eigenvalue weighted by Crippen LogP contribution is -2.22. The Morgan fingerprint density at radius 3 is 2.58 bits per heavy atom. The van der Waals surface area contributed by atoms with Crippen LogP contribution < -0.4 is 10.1 Å². The van der Waals surface area contributed by atoms with Crippen molar-refractivity contribution in [2.24, 2.45) is 0 Å². The number of rotatable bonds is 8. The Kier molecular flexibility index (Phi) is 6.33. The summed E-state index contributed by atoms with van der Waals surface area (Å²) >= 11 is 1.53. The van der Waals surface area contributed by atoms with Gasteiger partial charge in [0.2, 0.25) is 5.91 Å². The van der Waals surface area contributed by atoms with Crippen LogP contribution in [-0.2, 0) is 21.2 Å². The molecule has 0 bridgehead atoms. The number of carbonyl (C=O) groups is 1. The van der Waals surface area contributed by atoms with E-state index in [-0.39, 0.29) is 10.8 Å². The van der Waals surface area contributed by atoms with E-state index in [2.05, 4.69) is 10.3 Å². The van der Waals surface area contributed by atoms with E-state index in [0.717, 1.165) is 17.0 Å². The standard InChI is InChI=1S/C16H20N2O4S2/c1-12-11-23-16(18-12)10-17-15(19)4-3-9-22-13-5-7-14(8-6-13)24(2,20)21/h5-8,11H,3-4,9-10H2,1-2H3,(H,17,19). The van der Waals surface area contributed by atoms with Gasteiger partial charge in [0, 0.05) is 23.8 Å². The van der Waals surface area contributed by atoms with E-state index in [4.69, 9.17) is 4.74 Å². The summed E-state index contributed by atoms with van der Waals surface area (Å²) < 4.78 is 28.2. The number of carbonyl (C=O) groups excluding carboxylic acids is 1. The minimum Gasteiger partial charge on any atom is -0.494 e. The first-order valence-corrected chi connectivity index (χ1v) is 10.2. The minimum atomic E-state index is -3.20. The molecule has 1 N–H and O–H groups in total. The molecular formula is C16H20N2O4S2. The van der Waals surface area contributed by atoms with Gasteiger partial charge in [-0.1, -0.05) is 0 Å². The lowest BCUT2D eigenvalue weighted by molar-refractivity contribution is -0.121. The first-order valence-electron chi connectivity index (χ1n) is 7.45. The zero-order valence-electron chi connectivity index (χ0n) is 13.6. The van der Waals surface area contributed by atoms with Crippen molar-refractivity contribution in [2.75, 3.05) is 12.9 Å². The number of thiazole rings is 1. The Hall–Kier alpha value is -1.93. The summed E-state index contributed by atoms with van der Waals surface area (Å²) in [6, 6.07) is 6.24. The zero-order chi connectivity index (χ0) is 17.6. The van der Waals surface area contributed by atoms with Crippen LogP contribution in [0.5, 0.6) is 5.75 Å². The Morgan fingerprint density at radius 1 is 1.29 bits per heavy atom. The summed E-state index contributed by atoms with van der Waals surface area (Å²) in [5.74, 6) is 0.542. The molecule has 1 amide bonds. The molecule has 0 unspecified atom stereocenters. The maximum atomic E-state index is 11.7. The molecule has 0 aliphatic heterocycles. The van der Waals surface area contributed by atoms with Crippen molar-refractivity contribution < 1.29 is 17.9 Å². The van der Waals surface area contributed by atoms with Gasteiger partial charge in [0.1, 0.15) is 10.8 Å². The quantitative estimate of drug-likeness (QED) is 0.723. The summed E-state index contributed by atoms with van der Waals surface area (Å²) in [7, 11) is -3.20. The fraction of sp³-hybridized carbons (Fsp3) is 0.375. The number of sulfone groups is 1. The molecule has 0 atom stereocenters. The van der Waals surface area contributed by atoms with Gasteiger partial charge in [0.25, 0.3) is 0 Å². The van der Waals surface area contributed by atoms with Gasteiger partial charge in [0.15, 0.2) is 9.84 Å². The van der Waals surface area contributed by atoms with E-state index >= 15 is 0 Å². The Morgan fingerprint density at radius 2 is 2.00 bits per heavy atom. The number of hydrogen-bond donors (Lipinski definition) is 1. The molecule has 130 valence electrons. The molecular weight excluding hydrogens is 348 g/mol. The fourth-order valence-corrected chi connectivity index (χ4v) is 3.29. The highest BCUT2D eigenvalue weighted by atomic mass is 32.2. The average Bonchev–Trinajstić information content (AvgIpc) is 2.95. The van der Waals surface area contributed by atoms with Gasteiger partial charge in [-0.05, 0) is 37.6 Å². The van der Waals surface area contributed by atoms with Crippen LogP contribution >= 0.6 is 11.3 Å². The Bertz CT molecular complexity index is 783. The lowest BCUT2D eigenvalue weighted by Gasteiger charge is -2.07. The van der Waals surface area contributed by atoms with Crippen molar-refractivity contribution >= 4 is 27.1 Å². The number of ether oxygens (including phenoxy) is 1. The molecule has 0 fully saturated rings. The van der Waals surface area contributed by atoms with Crippen LogP contribution in [-0.4, -0.2) is 32.2 Å². The molecule has 0 aliphatic rings. The van der Waals surface area contributed by atoms with Crippen LogP contribution in [0.4, 0.5) is 0 Å². The van der Waals surface area contributed by atoms with Crippen LogP contribution in [0.1, 0.15) is 23.5 Å². The van der Waals surface area contributed by atoms with Gasteiger partial charge in [0.05, 0.1) is 18.0 Å². The van der Waals surface area contributed by atoms with Crippen molar-refractivity contribution in [2.45, 2.75) is 31.2 Å².